The number of fused-ring (bicyclic) bond motifs is 1. The first kappa shape index (κ1) is 22.0. The average Bonchev–Trinajstić information content (AvgIpc) is 3.19. The number of aromatic nitrogens is 4. The van der Waals surface area contributed by atoms with Crippen molar-refractivity contribution in [2.24, 2.45) is 5.92 Å². The van der Waals surface area contributed by atoms with Crippen LogP contribution in [0.1, 0.15) is 5.56 Å². The standard InChI is InChI=1S/C26H27FN6O/c1-17-6-4-5-7-22(17)33-23(34)13-12-21(29-33)24-25(19-8-10-20(27)11-9-19)30-32-16-18(15-31(2)3)14-28-26(24)32/h4-13,18,28H,14-16H2,1-3H3. The molecule has 1 unspecified atom stereocenters. The van der Waals surface area contributed by atoms with Crippen LogP contribution in [0, 0.1) is 18.7 Å². The Hall–Kier alpha value is -3.78. The zero-order valence-corrected chi connectivity index (χ0v) is 19.5. The van der Waals surface area contributed by atoms with Gasteiger partial charge in [0.25, 0.3) is 5.56 Å². The molecule has 0 bridgehead atoms. The van der Waals surface area contributed by atoms with Gasteiger partial charge in [-0.3, -0.25) is 4.79 Å². The van der Waals surface area contributed by atoms with Gasteiger partial charge in [0.15, 0.2) is 0 Å². The number of aryl methyl sites for hydroxylation is 1. The second kappa shape index (κ2) is 8.87. The van der Waals surface area contributed by atoms with Gasteiger partial charge >= 0.3 is 0 Å². The van der Waals surface area contributed by atoms with E-state index in [0.717, 1.165) is 47.8 Å². The van der Waals surface area contributed by atoms with Crippen molar-refractivity contribution in [3.63, 3.8) is 0 Å². The molecule has 174 valence electrons. The summed E-state index contributed by atoms with van der Waals surface area (Å²) in [7, 11) is 4.12. The maximum atomic E-state index is 13.7. The smallest absolute Gasteiger partial charge is 0.271 e. The van der Waals surface area contributed by atoms with E-state index in [1.807, 2.05) is 35.9 Å². The third-order valence-corrected chi connectivity index (χ3v) is 6.08. The van der Waals surface area contributed by atoms with Gasteiger partial charge in [0, 0.05) is 37.2 Å². The lowest BCUT2D eigenvalue weighted by Gasteiger charge is -2.27. The Balaban J connectivity index is 1.67. The minimum atomic E-state index is -0.301. The van der Waals surface area contributed by atoms with E-state index in [0.29, 0.717) is 17.3 Å². The minimum absolute atomic E-state index is 0.207. The fourth-order valence-corrected chi connectivity index (χ4v) is 4.53. The second-order valence-electron chi connectivity index (χ2n) is 9.03. The van der Waals surface area contributed by atoms with Crippen molar-refractivity contribution < 1.29 is 4.39 Å². The predicted octanol–water partition coefficient (Wildman–Crippen LogP) is 3.81. The largest absolute Gasteiger partial charge is 0.369 e. The maximum Gasteiger partial charge on any atom is 0.271 e. The van der Waals surface area contributed by atoms with Crippen molar-refractivity contribution in [3.05, 3.63) is 82.4 Å². The van der Waals surface area contributed by atoms with Gasteiger partial charge in [-0.15, -0.1) is 0 Å². The molecule has 0 radical (unpaired) electrons. The Morgan fingerprint density at radius 3 is 2.56 bits per heavy atom. The highest BCUT2D eigenvalue weighted by atomic mass is 19.1. The van der Waals surface area contributed by atoms with Crippen molar-refractivity contribution in [1.82, 2.24) is 24.5 Å². The summed E-state index contributed by atoms with van der Waals surface area (Å²) in [6.45, 7) is 4.45. The van der Waals surface area contributed by atoms with Crippen LogP contribution >= 0.6 is 0 Å². The van der Waals surface area contributed by atoms with Crippen molar-refractivity contribution in [2.45, 2.75) is 13.5 Å². The number of hydrogen-bond donors (Lipinski definition) is 1. The Labute approximate surface area is 197 Å². The Morgan fingerprint density at radius 1 is 1.06 bits per heavy atom. The van der Waals surface area contributed by atoms with Gasteiger partial charge in [-0.05, 0) is 63.0 Å². The van der Waals surface area contributed by atoms with E-state index in [2.05, 4.69) is 24.3 Å². The monoisotopic (exact) mass is 458 g/mol. The van der Waals surface area contributed by atoms with Crippen LogP contribution in [0.2, 0.25) is 0 Å². The molecular formula is C26H27FN6O. The number of rotatable bonds is 5. The summed E-state index contributed by atoms with van der Waals surface area (Å²) in [5.41, 5.74) is 4.41. The van der Waals surface area contributed by atoms with E-state index in [9.17, 15) is 9.18 Å². The summed E-state index contributed by atoms with van der Waals surface area (Å²) >= 11 is 0. The number of benzene rings is 2. The van der Waals surface area contributed by atoms with Gasteiger partial charge in [0.05, 0.1) is 16.9 Å². The molecule has 7 nitrogen and oxygen atoms in total. The molecule has 8 heteroatoms. The van der Waals surface area contributed by atoms with Crippen molar-refractivity contribution >= 4 is 5.82 Å². The molecule has 2 aromatic heterocycles. The van der Waals surface area contributed by atoms with Crippen LogP contribution in [-0.2, 0) is 6.54 Å². The first-order valence-electron chi connectivity index (χ1n) is 11.3. The van der Waals surface area contributed by atoms with Gasteiger partial charge in [-0.2, -0.15) is 14.9 Å². The SMILES string of the molecule is Cc1ccccc1-n1nc(-c2c(-c3ccc(F)cc3)nn3c2NCC(CN(C)C)C3)ccc1=O. The molecule has 34 heavy (non-hydrogen) atoms. The molecule has 0 spiro atoms. The van der Waals surface area contributed by atoms with Gasteiger partial charge in [-0.1, -0.05) is 18.2 Å². The van der Waals surface area contributed by atoms with Crippen LogP contribution in [0.25, 0.3) is 28.2 Å². The quantitative estimate of drug-likeness (QED) is 0.493. The summed E-state index contributed by atoms with van der Waals surface area (Å²) in [6.07, 6.45) is 0. The summed E-state index contributed by atoms with van der Waals surface area (Å²) < 4.78 is 17.1. The fraction of sp³-hybridized carbons (Fsp3) is 0.269. The fourth-order valence-electron chi connectivity index (χ4n) is 4.53. The normalized spacial score (nSPS) is 15.3. The molecule has 2 aromatic carbocycles. The average molecular weight is 459 g/mol. The summed E-state index contributed by atoms with van der Waals surface area (Å²) in [4.78, 5) is 14.9. The summed E-state index contributed by atoms with van der Waals surface area (Å²) in [5, 5.41) is 13.2. The molecule has 0 amide bonds. The molecule has 1 aliphatic rings. The summed E-state index contributed by atoms with van der Waals surface area (Å²) in [6, 6.07) is 17.2. The lowest BCUT2D eigenvalue weighted by Crippen LogP contribution is -2.35. The highest BCUT2D eigenvalue weighted by Crippen LogP contribution is 2.38. The zero-order chi connectivity index (χ0) is 23.8. The van der Waals surface area contributed by atoms with Crippen molar-refractivity contribution in [1.29, 1.82) is 0 Å². The van der Waals surface area contributed by atoms with Gasteiger partial charge in [-0.25, -0.2) is 9.07 Å². The number of para-hydroxylation sites is 1. The molecule has 4 aromatic rings. The Morgan fingerprint density at radius 2 is 1.82 bits per heavy atom. The first-order valence-corrected chi connectivity index (χ1v) is 11.3. The highest BCUT2D eigenvalue weighted by molar-refractivity contribution is 5.87. The number of nitrogens with one attached hydrogen (secondary N) is 1. The molecular weight excluding hydrogens is 431 g/mol. The molecule has 1 N–H and O–H groups in total. The van der Waals surface area contributed by atoms with Crippen molar-refractivity contribution in [2.75, 3.05) is 32.5 Å². The van der Waals surface area contributed by atoms with E-state index < -0.39 is 0 Å². The van der Waals surface area contributed by atoms with Gasteiger partial charge < -0.3 is 10.2 Å². The lowest BCUT2D eigenvalue weighted by atomic mass is 10.0. The van der Waals surface area contributed by atoms with Crippen LogP contribution in [0.15, 0.2) is 65.5 Å². The Kier molecular flexibility index (Phi) is 5.75. The van der Waals surface area contributed by atoms with E-state index in [-0.39, 0.29) is 11.4 Å². The van der Waals surface area contributed by atoms with E-state index >= 15 is 0 Å². The van der Waals surface area contributed by atoms with Crippen LogP contribution in [-0.4, -0.2) is 51.6 Å². The Bertz CT molecular complexity index is 1390. The molecule has 1 aliphatic heterocycles. The van der Waals surface area contributed by atoms with E-state index in [1.54, 1.807) is 18.2 Å². The minimum Gasteiger partial charge on any atom is -0.369 e. The van der Waals surface area contributed by atoms with E-state index in [4.69, 9.17) is 10.2 Å². The van der Waals surface area contributed by atoms with Crippen LogP contribution < -0.4 is 10.9 Å². The number of halogens is 1. The third-order valence-electron chi connectivity index (χ3n) is 6.08. The molecule has 0 saturated heterocycles. The molecule has 5 rings (SSSR count). The van der Waals surface area contributed by atoms with Crippen LogP contribution in [0.5, 0.6) is 0 Å². The van der Waals surface area contributed by atoms with Crippen LogP contribution in [0.4, 0.5) is 10.2 Å². The van der Waals surface area contributed by atoms with Gasteiger partial charge in [0.1, 0.15) is 17.3 Å². The number of nitrogens with zero attached hydrogens (tertiary/aromatic N) is 5. The maximum absolute atomic E-state index is 13.7. The topological polar surface area (TPSA) is 68.0 Å². The van der Waals surface area contributed by atoms with Crippen LogP contribution in [0.3, 0.4) is 0 Å². The number of hydrogen-bond acceptors (Lipinski definition) is 5. The summed E-state index contributed by atoms with van der Waals surface area (Å²) in [5.74, 6) is 0.951. The third kappa shape index (κ3) is 4.12. The molecule has 3 heterocycles. The molecule has 0 fully saturated rings. The predicted molar refractivity (Wildman–Crippen MR) is 132 cm³/mol. The van der Waals surface area contributed by atoms with E-state index in [1.165, 1.54) is 22.9 Å². The second-order valence-corrected chi connectivity index (χ2v) is 9.03. The lowest BCUT2D eigenvalue weighted by molar-refractivity contribution is 0.293. The zero-order valence-electron chi connectivity index (χ0n) is 19.5. The molecule has 0 aliphatic carbocycles. The van der Waals surface area contributed by atoms with Gasteiger partial charge in [0.2, 0.25) is 0 Å². The first-order chi connectivity index (χ1) is 16.4. The van der Waals surface area contributed by atoms with Crippen molar-refractivity contribution in [3.8, 4) is 28.2 Å². The number of anilines is 1. The molecule has 1 atom stereocenters. The highest BCUT2D eigenvalue weighted by Gasteiger charge is 2.28. The molecule has 0 saturated carbocycles.